The van der Waals surface area contributed by atoms with Gasteiger partial charge >= 0.3 is 5.97 Å². The fraction of sp³-hybridized carbons (Fsp3) is 0. The zero-order valence-corrected chi connectivity index (χ0v) is 13.7. The topological polar surface area (TPSA) is 106 Å². The summed E-state index contributed by atoms with van der Waals surface area (Å²) in [5.41, 5.74) is 6.97. The van der Waals surface area contributed by atoms with Crippen molar-refractivity contribution in [2.24, 2.45) is 0 Å². The van der Waals surface area contributed by atoms with Crippen LogP contribution in [-0.4, -0.2) is 17.0 Å². The van der Waals surface area contributed by atoms with Crippen LogP contribution in [0.4, 0.5) is 5.69 Å². The average Bonchev–Trinajstić information content (AvgIpc) is 3.11. The Labute approximate surface area is 149 Å². The van der Waals surface area contributed by atoms with Crippen LogP contribution in [0.3, 0.4) is 0 Å². The van der Waals surface area contributed by atoms with Crippen LogP contribution >= 0.6 is 0 Å². The highest BCUT2D eigenvalue weighted by Crippen LogP contribution is 2.23. The third-order valence-corrected chi connectivity index (χ3v) is 3.62. The molecule has 0 spiro atoms. The number of amides is 1. The van der Waals surface area contributed by atoms with Gasteiger partial charge in [-0.25, -0.2) is 4.79 Å². The minimum atomic E-state index is -1.27. The van der Waals surface area contributed by atoms with Crippen molar-refractivity contribution >= 4 is 23.6 Å². The zero-order chi connectivity index (χ0) is 18.5. The van der Waals surface area contributed by atoms with Crippen molar-refractivity contribution in [3.63, 3.8) is 0 Å². The average molecular weight is 348 g/mol. The Morgan fingerprint density at radius 1 is 0.962 bits per heavy atom. The number of rotatable bonds is 5. The van der Waals surface area contributed by atoms with E-state index in [2.05, 4.69) is 5.32 Å². The zero-order valence-electron chi connectivity index (χ0n) is 13.7. The molecule has 1 amide bonds. The van der Waals surface area contributed by atoms with Crippen molar-refractivity contribution in [3.8, 4) is 11.3 Å². The number of hydrogen-bond acceptors (Lipinski definition) is 4. The SMILES string of the molecule is Nc1ccc(C(=O)N/C(=C/c2ccc(-c3ccccc3)o2)C(=O)O)cc1. The van der Waals surface area contributed by atoms with Crippen LogP contribution in [0.1, 0.15) is 16.1 Å². The van der Waals surface area contributed by atoms with E-state index in [4.69, 9.17) is 10.2 Å². The predicted octanol–water partition coefficient (Wildman–Crippen LogP) is 3.38. The van der Waals surface area contributed by atoms with Crippen LogP contribution in [0.25, 0.3) is 17.4 Å². The number of furan rings is 1. The Morgan fingerprint density at radius 2 is 1.65 bits per heavy atom. The molecule has 0 saturated carbocycles. The Kier molecular flexibility index (Phi) is 4.85. The monoisotopic (exact) mass is 348 g/mol. The van der Waals surface area contributed by atoms with Crippen molar-refractivity contribution < 1.29 is 19.1 Å². The van der Waals surface area contributed by atoms with Crippen LogP contribution in [0.2, 0.25) is 0 Å². The summed E-state index contributed by atoms with van der Waals surface area (Å²) < 4.78 is 5.65. The number of benzene rings is 2. The highest BCUT2D eigenvalue weighted by molar-refractivity contribution is 6.02. The van der Waals surface area contributed by atoms with Crippen LogP contribution in [0.5, 0.6) is 0 Å². The number of carboxylic acid groups (broad SMARTS) is 1. The molecule has 6 heteroatoms. The van der Waals surface area contributed by atoms with Gasteiger partial charge in [0.15, 0.2) is 0 Å². The van der Waals surface area contributed by atoms with Gasteiger partial charge in [-0.3, -0.25) is 4.79 Å². The van der Waals surface area contributed by atoms with E-state index in [0.717, 1.165) is 5.56 Å². The fourth-order valence-electron chi connectivity index (χ4n) is 2.31. The number of carboxylic acids is 1. The summed E-state index contributed by atoms with van der Waals surface area (Å²) in [5, 5.41) is 11.7. The molecule has 130 valence electrons. The maximum atomic E-state index is 12.2. The fourth-order valence-corrected chi connectivity index (χ4v) is 2.31. The standard InChI is InChI=1S/C20H16N2O4/c21-15-8-6-14(7-9-15)19(23)22-17(20(24)25)12-16-10-11-18(26-16)13-4-2-1-3-5-13/h1-12H,21H2,(H,22,23)(H,24,25)/b17-12+. The summed E-state index contributed by atoms with van der Waals surface area (Å²) in [6.45, 7) is 0. The Balaban J connectivity index is 1.82. The molecule has 2 aromatic carbocycles. The normalized spacial score (nSPS) is 11.2. The first-order valence-electron chi connectivity index (χ1n) is 7.80. The molecular formula is C20H16N2O4. The highest BCUT2D eigenvalue weighted by atomic mass is 16.4. The van der Waals surface area contributed by atoms with Gasteiger partial charge in [-0.2, -0.15) is 0 Å². The molecule has 0 saturated heterocycles. The summed E-state index contributed by atoms with van der Waals surface area (Å²) >= 11 is 0. The van der Waals surface area contributed by atoms with Gasteiger partial charge in [0.2, 0.25) is 0 Å². The maximum absolute atomic E-state index is 12.2. The molecule has 0 atom stereocenters. The third-order valence-electron chi connectivity index (χ3n) is 3.62. The molecule has 0 aliphatic carbocycles. The number of nitrogens with one attached hydrogen (secondary N) is 1. The number of carbonyl (C=O) groups excluding carboxylic acids is 1. The van der Waals surface area contributed by atoms with Crippen LogP contribution in [-0.2, 0) is 4.79 Å². The van der Waals surface area contributed by atoms with Gasteiger partial charge in [0.05, 0.1) is 0 Å². The lowest BCUT2D eigenvalue weighted by Gasteiger charge is -2.06. The predicted molar refractivity (Wildman–Crippen MR) is 98.1 cm³/mol. The molecule has 0 radical (unpaired) electrons. The Hall–Kier alpha value is -3.80. The molecule has 0 aliphatic heterocycles. The first kappa shape index (κ1) is 17.0. The molecule has 0 bridgehead atoms. The number of anilines is 1. The second kappa shape index (κ2) is 7.40. The number of nitrogen functional groups attached to an aromatic ring is 1. The highest BCUT2D eigenvalue weighted by Gasteiger charge is 2.14. The quantitative estimate of drug-likeness (QED) is 0.484. The smallest absolute Gasteiger partial charge is 0.352 e. The van der Waals surface area contributed by atoms with E-state index >= 15 is 0 Å². The van der Waals surface area contributed by atoms with Crippen molar-refractivity contribution in [1.82, 2.24) is 5.32 Å². The summed E-state index contributed by atoms with van der Waals surface area (Å²) in [6, 6.07) is 19.0. The van der Waals surface area contributed by atoms with E-state index < -0.39 is 11.9 Å². The maximum Gasteiger partial charge on any atom is 0.352 e. The van der Waals surface area contributed by atoms with Gasteiger partial charge < -0.3 is 20.6 Å². The van der Waals surface area contributed by atoms with Crippen LogP contribution < -0.4 is 11.1 Å². The molecule has 0 aliphatic rings. The first-order chi connectivity index (χ1) is 12.5. The summed E-state index contributed by atoms with van der Waals surface area (Å²) in [4.78, 5) is 23.7. The second-order valence-corrected chi connectivity index (χ2v) is 5.51. The summed E-state index contributed by atoms with van der Waals surface area (Å²) in [6.07, 6.45) is 1.27. The van der Waals surface area contributed by atoms with Gasteiger partial charge in [0, 0.05) is 22.9 Å². The van der Waals surface area contributed by atoms with Gasteiger partial charge in [0.25, 0.3) is 5.91 Å². The van der Waals surface area contributed by atoms with Crippen molar-refractivity contribution in [1.29, 1.82) is 0 Å². The minimum absolute atomic E-state index is 0.291. The molecule has 0 fully saturated rings. The van der Waals surface area contributed by atoms with E-state index in [1.165, 1.54) is 18.2 Å². The van der Waals surface area contributed by atoms with Gasteiger partial charge in [-0.15, -0.1) is 0 Å². The lowest BCUT2D eigenvalue weighted by molar-refractivity contribution is -0.132. The number of nitrogens with two attached hydrogens (primary N) is 1. The molecule has 1 heterocycles. The van der Waals surface area contributed by atoms with E-state index in [9.17, 15) is 14.7 Å². The van der Waals surface area contributed by atoms with Crippen molar-refractivity contribution in [2.45, 2.75) is 0 Å². The van der Waals surface area contributed by atoms with E-state index in [-0.39, 0.29) is 5.70 Å². The number of carbonyl (C=O) groups is 2. The lowest BCUT2D eigenvalue weighted by atomic mass is 10.2. The van der Waals surface area contributed by atoms with E-state index in [1.54, 1.807) is 24.3 Å². The molecule has 6 nitrogen and oxygen atoms in total. The van der Waals surface area contributed by atoms with E-state index in [0.29, 0.717) is 22.8 Å². The van der Waals surface area contributed by atoms with Gasteiger partial charge in [-0.05, 0) is 36.4 Å². The molecule has 3 rings (SSSR count). The Bertz CT molecular complexity index is 957. The third kappa shape index (κ3) is 3.99. The Morgan fingerprint density at radius 3 is 2.31 bits per heavy atom. The minimum Gasteiger partial charge on any atom is -0.477 e. The molecular weight excluding hydrogens is 332 g/mol. The molecule has 26 heavy (non-hydrogen) atoms. The first-order valence-corrected chi connectivity index (χ1v) is 7.80. The van der Waals surface area contributed by atoms with E-state index in [1.807, 2.05) is 30.3 Å². The van der Waals surface area contributed by atoms with Crippen LogP contribution in [0, 0.1) is 0 Å². The largest absolute Gasteiger partial charge is 0.477 e. The molecule has 1 aromatic heterocycles. The summed E-state index contributed by atoms with van der Waals surface area (Å²) in [7, 11) is 0. The molecule has 3 aromatic rings. The summed E-state index contributed by atoms with van der Waals surface area (Å²) in [5.74, 6) is -0.898. The lowest BCUT2D eigenvalue weighted by Crippen LogP contribution is -2.27. The van der Waals surface area contributed by atoms with Crippen molar-refractivity contribution in [3.05, 3.63) is 83.8 Å². The number of hydrogen-bond donors (Lipinski definition) is 3. The van der Waals surface area contributed by atoms with Gasteiger partial charge in [-0.1, -0.05) is 30.3 Å². The van der Waals surface area contributed by atoms with Crippen LogP contribution in [0.15, 0.2) is 76.8 Å². The second-order valence-electron chi connectivity index (χ2n) is 5.51. The molecule has 0 unspecified atom stereocenters. The van der Waals surface area contributed by atoms with Crippen molar-refractivity contribution in [2.75, 3.05) is 5.73 Å². The number of aliphatic carboxylic acids is 1. The molecule has 4 N–H and O–H groups in total. The van der Waals surface area contributed by atoms with Gasteiger partial charge in [0.1, 0.15) is 17.2 Å².